The second-order valence-electron chi connectivity index (χ2n) is 4.76. The van der Waals surface area contributed by atoms with E-state index < -0.39 is 6.04 Å². The highest BCUT2D eigenvalue weighted by molar-refractivity contribution is 5.82. The zero-order valence-electron chi connectivity index (χ0n) is 10.9. The second-order valence-corrected chi connectivity index (χ2v) is 4.76. The third-order valence-electron chi connectivity index (χ3n) is 3.20. The molecule has 1 atom stereocenters. The van der Waals surface area contributed by atoms with Crippen LogP contribution in [0, 0.1) is 5.92 Å². The smallest absolute Gasteiger partial charge is 0.239 e. The number of carbonyl (C=O) groups excluding carboxylic acids is 2. The van der Waals surface area contributed by atoms with E-state index in [-0.39, 0.29) is 24.3 Å². The largest absolute Gasteiger partial charge is 0.396 e. The maximum absolute atomic E-state index is 11.8. The first-order valence-corrected chi connectivity index (χ1v) is 6.49. The minimum absolute atomic E-state index is 0.0244. The van der Waals surface area contributed by atoms with Crippen molar-refractivity contribution in [2.45, 2.75) is 32.2 Å². The molecule has 0 aromatic rings. The van der Waals surface area contributed by atoms with Crippen molar-refractivity contribution < 1.29 is 14.7 Å². The Morgan fingerprint density at radius 3 is 2.56 bits per heavy atom. The van der Waals surface area contributed by atoms with Crippen LogP contribution in [0.2, 0.25) is 0 Å². The van der Waals surface area contributed by atoms with E-state index in [1.54, 1.807) is 11.8 Å². The molecule has 4 N–H and O–H groups in total. The molecule has 0 aromatic heterocycles. The molecule has 0 aliphatic carbocycles. The molecule has 0 radical (unpaired) electrons. The lowest BCUT2D eigenvalue weighted by atomic mass is 9.95. The SMILES string of the molecule is CC(N)C(=O)N1CCC(C(=O)NCCCO)CC1. The summed E-state index contributed by atoms with van der Waals surface area (Å²) in [5.41, 5.74) is 5.55. The van der Waals surface area contributed by atoms with E-state index in [2.05, 4.69) is 5.32 Å². The summed E-state index contributed by atoms with van der Waals surface area (Å²) in [4.78, 5) is 25.1. The molecule has 1 aliphatic heterocycles. The summed E-state index contributed by atoms with van der Waals surface area (Å²) < 4.78 is 0. The number of aliphatic hydroxyl groups excluding tert-OH is 1. The number of aliphatic hydroxyl groups is 1. The predicted molar refractivity (Wildman–Crippen MR) is 67.7 cm³/mol. The van der Waals surface area contributed by atoms with Crippen LogP contribution in [0.25, 0.3) is 0 Å². The number of nitrogens with one attached hydrogen (secondary N) is 1. The quantitative estimate of drug-likeness (QED) is 0.555. The molecule has 6 nitrogen and oxygen atoms in total. The number of carbonyl (C=O) groups is 2. The van der Waals surface area contributed by atoms with Gasteiger partial charge in [-0.25, -0.2) is 0 Å². The van der Waals surface area contributed by atoms with Crippen LogP contribution in [0.3, 0.4) is 0 Å². The van der Waals surface area contributed by atoms with E-state index >= 15 is 0 Å². The zero-order valence-corrected chi connectivity index (χ0v) is 10.9. The van der Waals surface area contributed by atoms with Gasteiger partial charge in [0.1, 0.15) is 0 Å². The van der Waals surface area contributed by atoms with Crippen molar-refractivity contribution in [3.63, 3.8) is 0 Å². The summed E-state index contributed by atoms with van der Waals surface area (Å²) >= 11 is 0. The summed E-state index contributed by atoms with van der Waals surface area (Å²) in [7, 11) is 0. The van der Waals surface area contributed by atoms with Gasteiger partial charge in [-0.2, -0.15) is 0 Å². The lowest BCUT2D eigenvalue weighted by Gasteiger charge is -2.32. The molecule has 18 heavy (non-hydrogen) atoms. The van der Waals surface area contributed by atoms with Gasteiger partial charge < -0.3 is 21.1 Å². The highest BCUT2D eigenvalue weighted by Crippen LogP contribution is 2.17. The Labute approximate surface area is 108 Å². The molecule has 0 saturated carbocycles. The molecule has 104 valence electrons. The summed E-state index contributed by atoms with van der Waals surface area (Å²) in [5, 5.41) is 11.4. The van der Waals surface area contributed by atoms with Gasteiger partial charge in [-0.1, -0.05) is 0 Å². The fourth-order valence-electron chi connectivity index (χ4n) is 2.09. The molecule has 0 spiro atoms. The summed E-state index contributed by atoms with van der Waals surface area (Å²) in [6, 6.07) is -0.472. The lowest BCUT2D eigenvalue weighted by molar-refractivity contribution is -0.136. The number of likely N-dealkylation sites (tertiary alicyclic amines) is 1. The molecule has 1 fully saturated rings. The molecular formula is C12H23N3O3. The van der Waals surface area contributed by atoms with Crippen molar-refractivity contribution in [3.05, 3.63) is 0 Å². The predicted octanol–water partition coefficient (Wildman–Crippen LogP) is -0.929. The zero-order chi connectivity index (χ0) is 13.5. The van der Waals surface area contributed by atoms with Crippen molar-refractivity contribution in [3.8, 4) is 0 Å². The highest BCUT2D eigenvalue weighted by Gasteiger charge is 2.27. The van der Waals surface area contributed by atoms with Crippen molar-refractivity contribution in [1.29, 1.82) is 0 Å². The highest BCUT2D eigenvalue weighted by atomic mass is 16.3. The molecule has 0 bridgehead atoms. The monoisotopic (exact) mass is 257 g/mol. The van der Waals surface area contributed by atoms with E-state index in [1.165, 1.54) is 0 Å². The third-order valence-corrected chi connectivity index (χ3v) is 3.20. The molecule has 6 heteroatoms. The lowest BCUT2D eigenvalue weighted by Crippen LogP contribution is -2.48. The first-order chi connectivity index (χ1) is 8.56. The molecular weight excluding hydrogens is 234 g/mol. The first-order valence-electron chi connectivity index (χ1n) is 6.49. The van der Waals surface area contributed by atoms with Crippen LogP contribution >= 0.6 is 0 Å². The van der Waals surface area contributed by atoms with E-state index in [1.807, 2.05) is 0 Å². The molecule has 1 rings (SSSR count). The molecule has 0 aromatic carbocycles. The van der Waals surface area contributed by atoms with Crippen LogP contribution in [-0.2, 0) is 9.59 Å². The van der Waals surface area contributed by atoms with Gasteiger partial charge in [0.15, 0.2) is 0 Å². The van der Waals surface area contributed by atoms with Crippen molar-refractivity contribution >= 4 is 11.8 Å². The van der Waals surface area contributed by atoms with Crippen LogP contribution in [-0.4, -0.2) is 54.1 Å². The Morgan fingerprint density at radius 1 is 1.44 bits per heavy atom. The van der Waals surface area contributed by atoms with Crippen molar-refractivity contribution in [1.82, 2.24) is 10.2 Å². The maximum atomic E-state index is 11.8. The average molecular weight is 257 g/mol. The van der Waals surface area contributed by atoms with Crippen molar-refractivity contribution in [2.75, 3.05) is 26.2 Å². The minimum atomic E-state index is -0.472. The normalized spacial score (nSPS) is 18.5. The van der Waals surface area contributed by atoms with Gasteiger partial charge in [-0.3, -0.25) is 9.59 Å². The second kappa shape index (κ2) is 7.33. The number of piperidine rings is 1. The standard InChI is InChI=1S/C12H23N3O3/c1-9(13)12(18)15-6-3-10(4-7-15)11(17)14-5-2-8-16/h9-10,16H,2-8,13H2,1H3,(H,14,17). The Hall–Kier alpha value is -1.14. The van der Waals surface area contributed by atoms with Crippen LogP contribution in [0.5, 0.6) is 0 Å². The van der Waals surface area contributed by atoms with Gasteiger partial charge in [-0.05, 0) is 26.2 Å². The number of nitrogens with zero attached hydrogens (tertiary/aromatic N) is 1. The van der Waals surface area contributed by atoms with Gasteiger partial charge in [0.05, 0.1) is 6.04 Å². The van der Waals surface area contributed by atoms with Gasteiger partial charge in [-0.15, -0.1) is 0 Å². The fourth-order valence-corrected chi connectivity index (χ4v) is 2.09. The summed E-state index contributed by atoms with van der Waals surface area (Å²) in [6.07, 6.45) is 1.95. The third kappa shape index (κ3) is 4.27. The van der Waals surface area contributed by atoms with E-state index in [9.17, 15) is 9.59 Å². The summed E-state index contributed by atoms with van der Waals surface area (Å²) in [5.74, 6) is -0.0497. The van der Waals surface area contributed by atoms with Gasteiger partial charge >= 0.3 is 0 Å². The first kappa shape index (κ1) is 14.9. The molecule has 1 saturated heterocycles. The fraction of sp³-hybridized carbons (Fsp3) is 0.833. The molecule has 1 unspecified atom stereocenters. The maximum Gasteiger partial charge on any atom is 0.239 e. The van der Waals surface area contributed by atoms with Crippen LogP contribution in [0.4, 0.5) is 0 Å². The Balaban J connectivity index is 2.30. The summed E-state index contributed by atoms with van der Waals surface area (Å²) in [6.45, 7) is 3.46. The van der Waals surface area contributed by atoms with Gasteiger partial charge in [0.25, 0.3) is 0 Å². The van der Waals surface area contributed by atoms with Crippen LogP contribution in [0.15, 0.2) is 0 Å². The number of hydrogen-bond acceptors (Lipinski definition) is 4. The average Bonchev–Trinajstić information content (AvgIpc) is 2.38. The molecule has 1 aliphatic rings. The van der Waals surface area contributed by atoms with Gasteiger partial charge in [0, 0.05) is 32.2 Å². The number of nitrogens with two attached hydrogens (primary N) is 1. The molecule has 2 amide bonds. The Bertz CT molecular complexity index is 286. The van der Waals surface area contributed by atoms with Crippen LogP contribution < -0.4 is 11.1 Å². The van der Waals surface area contributed by atoms with Crippen LogP contribution in [0.1, 0.15) is 26.2 Å². The molecule has 1 heterocycles. The number of rotatable bonds is 5. The van der Waals surface area contributed by atoms with Gasteiger partial charge in [0.2, 0.25) is 11.8 Å². The minimum Gasteiger partial charge on any atom is -0.396 e. The number of hydrogen-bond donors (Lipinski definition) is 3. The topological polar surface area (TPSA) is 95.7 Å². The van der Waals surface area contributed by atoms with E-state index in [0.717, 1.165) is 0 Å². The Morgan fingerprint density at radius 2 is 2.06 bits per heavy atom. The van der Waals surface area contributed by atoms with Crippen molar-refractivity contribution in [2.24, 2.45) is 11.7 Å². The van der Waals surface area contributed by atoms with E-state index in [4.69, 9.17) is 10.8 Å². The number of amides is 2. The Kier molecular flexibility index (Phi) is 6.07. The van der Waals surface area contributed by atoms with E-state index in [0.29, 0.717) is 38.9 Å².